The van der Waals surface area contributed by atoms with E-state index < -0.39 is 11.8 Å². The summed E-state index contributed by atoms with van der Waals surface area (Å²) in [4.78, 5) is 34.4. The van der Waals surface area contributed by atoms with E-state index in [1.165, 1.54) is 13.8 Å². The van der Waals surface area contributed by atoms with Gasteiger partial charge in [0, 0.05) is 12.8 Å². The molecule has 0 atom stereocenters. The van der Waals surface area contributed by atoms with E-state index in [4.69, 9.17) is 5.11 Å². The molecule has 2 amide bonds. The first-order chi connectivity index (χ1) is 7.32. The molecule has 1 saturated heterocycles. The number of carboxylic acid groups (broad SMARTS) is 1. The third-order valence-electron chi connectivity index (χ3n) is 2.29. The molecule has 1 heterocycles. The lowest BCUT2D eigenvalue weighted by Gasteiger charge is -2.32. The van der Waals surface area contributed by atoms with Crippen LogP contribution in [0.25, 0.3) is 0 Å². The quantitative estimate of drug-likeness (QED) is 0.576. The van der Waals surface area contributed by atoms with Crippen LogP contribution in [0.5, 0.6) is 0 Å². The molecule has 1 N–H and O–H groups in total. The van der Waals surface area contributed by atoms with Crippen molar-refractivity contribution in [2.75, 3.05) is 6.54 Å². The van der Waals surface area contributed by atoms with Gasteiger partial charge in [-0.25, -0.2) is 4.79 Å². The molecule has 1 rings (SSSR count). The third kappa shape index (κ3) is 3.22. The van der Waals surface area contributed by atoms with E-state index in [2.05, 4.69) is 4.74 Å². The Hall–Kier alpha value is -1.59. The van der Waals surface area contributed by atoms with E-state index in [-0.39, 0.29) is 18.4 Å². The van der Waals surface area contributed by atoms with Gasteiger partial charge in [-0.1, -0.05) is 0 Å². The minimum Gasteiger partial charge on any atom is -0.450 e. The highest BCUT2D eigenvalue weighted by Gasteiger charge is 2.33. The number of piperidine rings is 1. The van der Waals surface area contributed by atoms with Crippen LogP contribution in [-0.4, -0.2) is 40.1 Å². The molecule has 0 aromatic carbocycles. The van der Waals surface area contributed by atoms with Crippen molar-refractivity contribution in [2.45, 2.75) is 38.7 Å². The number of carbonyl (C=O) groups is 3. The second-order valence-corrected chi connectivity index (χ2v) is 4.35. The number of carbonyl (C=O) groups excluding carboxylic acids is 2. The Kier molecular flexibility index (Phi) is 3.51. The Morgan fingerprint density at radius 2 is 1.88 bits per heavy atom. The normalized spacial score (nSPS) is 17.5. The smallest absolute Gasteiger partial charge is 0.450 e. The summed E-state index contributed by atoms with van der Waals surface area (Å²) in [6.07, 6.45) is -0.194. The van der Waals surface area contributed by atoms with Crippen LogP contribution < -0.4 is 0 Å². The SMILES string of the molecule is CC(C)(CN1C(=O)CCCC1=O)OC(=O)O. The van der Waals surface area contributed by atoms with Crippen LogP contribution >= 0.6 is 0 Å². The van der Waals surface area contributed by atoms with E-state index in [1.54, 1.807) is 0 Å². The van der Waals surface area contributed by atoms with E-state index >= 15 is 0 Å². The lowest BCUT2D eigenvalue weighted by atomic mass is 10.0. The highest BCUT2D eigenvalue weighted by atomic mass is 16.7. The molecule has 1 aliphatic rings. The largest absolute Gasteiger partial charge is 0.506 e. The van der Waals surface area contributed by atoms with Crippen molar-refractivity contribution in [3.63, 3.8) is 0 Å². The highest BCUT2D eigenvalue weighted by Crippen LogP contribution is 2.18. The average molecular weight is 229 g/mol. The number of nitrogens with zero attached hydrogens (tertiary/aromatic N) is 1. The van der Waals surface area contributed by atoms with Gasteiger partial charge in [0.15, 0.2) is 0 Å². The van der Waals surface area contributed by atoms with Crippen molar-refractivity contribution in [1.82, 2.24) is 4.90 Å². The van der Waals surface area contributed by atoms with Gasteiger partial charge in [-0.05, 0) is 20.3 Å². The first-order valence-electron chi connectivity index (χ1n) is 5.07. The predicted octanol–water partition coefficient (Wildman–Crippen LogP) is 0.999. The predicted molar refractivity (Wildman–Crippen MR) is 53.8 cm³/mol. The standard InChI is InChI=1S/C10H15NO5/c1-10(2,16-9(14)15)6-11-7(12)4-3-5-8(11)13/h3-6H2,1-2H3,(H,14,15). The van der Waals surface area contributed by atoms with Gasteiger partial charge < -0.3 is 9.84 Å². The number of hydrogen-bond acceptors (Lipinski definition) is 4. The van der Waals surface area contributed by atoms with Gasteiger partial charge in [-0.3, -0.25) is 14.5 Å². The average Bonchev–Trinajstić information content (AvgIpc) is 2.09. The molecule has 0 aliphatic carbocycles. The van der Waals surface area contributed by atoms with Crippen molar-refractivity contribution in [2.24, 2.45) is 0 Å². The van der Waals surface area contributed by atoms with Crippen LogP contribution in [0.2, 0.25) is 0 Å². The number of hydrogen-bond donors (Lipinski definition) is 1. The van der Waals surface area contributed by atoms with Crippen molar-refractivity contribution < 1.29 is 24.2 Å². The molecule has 6 nitrogen and oxygen atoms in total. The number of imide groups is 1. The van der Waals surface area contributed by atoms with Crippen molar-refractivity contribution in [3.8, 4) is 0 Å². The fourth-order valence-electron chi connectivity index (χ4n) is 1.63. The second kappa shape index (κ2) is 4.51. The zero-order valence-corrected chi connectivity index (χ0v) is 9.36. The molecule has 90 valence electrons. The van der Waals surface area contributed by atoms with Crippen LogP contribution in [0.4, 0.5) is 4.79 Å². The van der Waals surface area contributed by atoms with Gasteiger partial charge in [-0.2, -0.15) is 0 Å². The lowest BCUT2D eigenvalue weighted by Crippen LogP contribution is -2.49. The van der Waals surface area contributed by atoms with E-state index in [0.29, 0.717) is 19.3 Å². The van der Waals surface area contributed by atoms with Crippen molar-refractivity contribution in [3.05, 3.63) is 0 Å². The summed E-state index contributed by atoms with van der Waals surface area (Å²) in [5, 5.41) is 8.50. The maximum atomic E-state index is 11.5. The Morgan fingerprint density at radius 1 is 1.38 bits per heavy atom. The summed E-state index contributed by atoms with van der Waals surface area (Å²) < 4.78 is 4.61. The van der Waals surface area contributed by atoms with Crippen molar-refractivity contribution in [1.29, 1.82) is 0 Å². The van der Waals surface area contributed by atoms with Crippen LogP contribution in [0.15, 0.2) is 0 Å². The molecule has 0 unspecified atom stereocenters. The number of likely N-dealkylation sites (tertiary alicyclic amines) is 1. The number of rotatable bonds is 3. The third-order valence-corrected chi connectivity index (χ3v) is 2.29. The Morgan fingerprint density at radius 3 is 2.31 bits per heavy atom. The van der Waals surface area contributed by atoms with Crippen LogP contribution in [0.1, 0.15) is 33.1 Å². The first-order valence-corrected chi connectivity index (χ1v) is 5.07. The zero-order valence-electron chi connectivity index (χ0n) is 9.36. The molecule has 1 aliphatic heterocycles. The maximum Gasteiger partial charge on any atom is 0.506 e. The van der Waals surface area contributed by atoms with Gasteiger partial charge >= 0.3 is 6.16 Å². The summed E-state index contributed by atoms with van der Waals surface area (Å²) in [6, 6.07) is 0. The molecule has 6 heteroatoms. The van der Waals surface area contributed by atoms with Crippen LogP contribution in [-0.2, 0) is 14.3 Å². The summed E-state index contributed by atoms with van der Waals surface area (Å²) in [5.41, 5.74) is -1.07. The molecule has 0 bridgehead atoms. The molecule has 16 heavy (non-hydrogen) atoms. The molecule has 0 aromatic rings. The minimum atomic E-state index is -1.41. The molecule has 0 saturated carbocycles. The topological polar surface area (TPSA) is 83.9 Å². The second-order valence-electron chi connectivity index (χ2n) is 4.35. The highest BCUT2D eigenvalue weighted by molar-refractivity contribution is 5.97. The molecular weight excluding hydrogens is 214 g/mol. The Labute approximate surface area is 93.2 Å². The molecule has 0 radical (unpaired) electrons. The fraction of sp³-hybridized carbons (Fsp3) is 0.700. The van der Waals surface area contributed by atoms with Gasteiger partial charge in [0.1, 0.15) is 5.60 Å². The van der Waals surface area contributed by atoms with Gasteiger partial charge in [-0.15, -0.1) is 0 Å². The molecule has 0 spiro atoms. The minimum absolute atomic E-state index is 0.0308. The fourth-order valence-corrected chi connectivity index (χ4v) is 1.63. The van der Waals surface area contributed by atoms with Gasteiger partial charge in [0.25, 0.3) is 0 Å². The number of ether oxygens (including phenoxy) is 1. The van der Waals surface area contributed by atoms with Crippen LogP contribution in [0, 0.1) is 0 Å². The molecule has 0 aromatic heterocycles. The summed E-state index contributed by atoms with van der Waals surface area (Å²) >= 11 is 0. The summed E-state index contributed by atoms with van der Waals surface area (Å²) in [7, 11) is 0. The van der Waals surface area contributed by atoms with E-state index in [9.17, 15) is 14.4 Å². The Balaban J connectivity index is 2.67. The monoisotopic (exact) mass is 229 g/mol. The lowest BCUT2D eigenvalue weighted by molar-refractivity contribution is -0.152. The first kappa shape index (κ1) is 12.5. The molecule has 1 fully saturated rings. The Bertz CT molecular complexity index is 307. The summed E-state index contributed by atoms with van der Waals surface area (Å²) in [5.74, 6) is -0.531. The van der Waals surface area contributed by atoms with Gasteiger partial charge in [0.2, 0.25) is 11.8 Å². The summed E-state index contributed by atoms with van der Waals surface area (Å²) in [6.45, 7) is 3.02. The zero-order chi connectivity index (χ0) is 12.3. The maximum absolute atomic E-state index is 11.5. The van der Waals surface area contributed by atoms with Crippen molar-refractivity contribution >= 4 is 18.0 Å². The van der Waals surface area contributed by atoms with Crippen LogP contribution in [0.3, 0.4) is 0 Å². The number of amides is 2. The van der Waals surface area contributed by atoms with E-state index in [1.807, 2.05) is 0 Å². The van der Waals surface area contributed by atoms with Gasteiger partial charge in [0.05, 0.1) is 6.54 Å². The molecular formula is C10H15NO5. The van der Waals surface area contributed by atoms with E-state index in [0.717, 1.165) is 4.90 Å².